The van der Waals surface area contributed by atoms with Crippen molar-refractivity contribution in [2.75, 3.05) is 6.54 Å². The van der Waals surface area contributed by atoms with Crippen LogP contribution in [0.15, 0.2) is 52.9 Å². The van der Waals surface area contributed by atoms with E-state index in [9.17, 15) is 9.59 Å². The summed E-state index contributed by atoms with van der Waals surface area (Å²) in [6.07, 6.45) is 4.58. The Morgan fingerprint density at radius 2 is 2.17 bits per heavy atom. The van der Waals surface area contributed by atoms with Gasteiger partial charge in [-0.05, 0) is 29.2 Å². The van der Waals surface area contributed by atoms with E-state index in [0.717, 1.165) is 5.56 Å². The highest BCUT2D eigenvalue weighted by atomic mass is 35.5. The highest BCUT2D eigenvalue weighted by molar-refractivity contribution is 7.17. The molecule has 0 fully saturated rings. The van der Waals surface area contributed by atoms with Crippen molar-refractivity contribution in [3.8, 4) is 0 Å². The van der Waals surface area contributed by atoms with Gasteiger partial charge in [0.2, 0.25) is 5.91 Å². The number of benzene rings is 1. The van der Waals surface area contributed by atoms with Crippen molar-refractivity contribution in [2.24, 2.45) is 0 Å². The molecule has 0 spiro atoms. The zero-order valence-electron chi connectivity index (χ0n) is 12.6. The maximum absolute atomic E-state index is 12.2. The zero-order chi connectivity index (χ0) is 16.9. The van der Waals surface area contributed by atoms with Gasteiger partial charge in [0, 0.05) is 24.2 Å². The van der Waals surface area contributed by atoms with Crippen molar-refractivity contribution in [1.82, 2.24) is 14.9 Å². The average Bonchev–Trinajstić information content (AvgIpc) is 3.06. The Kier molecular flexibility index (Phi) is 5.08. The molecule has 0 saturated heterocycles. The maximum Gasteiger partial charge on any atom is 0.271 e. The number of hydrogen-bond donors (Lipinski definition) is 1. The monoisotopic (exact) mass is 359 g/mol. The first-order valence-corrected chi connectivity index (χ1v) is 8.54. The predicted octanol–water partition coefficient (Wildman–Crippen LogP) is 2.94. The lowest BCUT2D eigenvalue weighted by Gasteiger charge is -2.05. The molecule has 1 N–H and O–H groups in total. The van der Waals surface area contributed by atoms with Crippen molar-refractivity contribution >= 4 is 45.1 Å². The molecule has 1 amide bonds. The average molecular weight is 360 g/mol. The predicted molar refractivity (Wildman–Crippen MR) is 97.4 cm³/mol. The lowest BCUT2D eigenvalue weighted by atomic mass is 10.2. The number of amides is 1. The molecule has 3 rings (SSSR count). The second kappa shape index (κ2) is 7.42. The van der Waals surface area contributed by atoms with Gasteiger partial charge < -0.3 is 5.32 Å². The van der Waals surface area contributed by atoms with E-state index in [-0.39, 0.29) is 11.5 Å². The summed E-state index contributed by atoms with van der Waals surface area (Å²) in [5, 5.41) is 5.16. The van der Waals surface area contributed by atoms with Gasteiger partial charge >= 0.3 is 0 Å². The summed E-state index contributed by atoms with van der Waals surface area (Å²) in [5.74, 6) is -0.242. The molecule has 0 aliphatic heterocycles. The van der Waals surface area contributed by atoms with E-state index in [4.69, 9.17) is 11.6 Å². The smallest absolute Gasteiger partial charge is 0.271 e. The van der Waals surface area contributed by atoms with E-state index in [1.54, 1.807) is 12.1 Å². The summed E-state index contributed by atoms with van der Waals surface area (Å²) in [6.45, 7) is 0.704. The number of carbonyl (C=O) groups is 1. The molecule has 0 bridgehead atoms. The van der Waals surface area contributed by atoms with Crippen molar-refractivity contribution in [3.05, 3.63) is 69.1 Å². The van der Waals surface area contributed by atoms with Crippen LogP contribution in [0.4, 0.5) is 0 Å². The second-order valence-corrected chi connectivity index (χ2v) is 6.35. The number of halogens is 1. The molecule has 5 nitrogen and oxygen atoms in total. The third-order valence-electron chi connectivity index (χ3n) is 3.41. The number of nitrogens with zero attached hydrogens (tertiary/aromatic N) is 2. The Labute approximate surface area is 147 Å². The SMILES string of the molecule is O=C(/C=C/c1ccccc1Cl)NCCn1cnc2ccsc2c1=O. The summed E-state index contributed by atoms with van der Waals surface area (Å²) in [7, 11) is 0. The van der Waals surface area contributed by atoms with Crippen LogP contribution < -0.4 is 10.9 Å². The minimum absolute atomic E-state index is 0.0872. The fourth-order valence-corrected chi connectivity index (χ4v) is 3.16. The normalized spacial score (nSPS) is 11.2. The van der Waals surface area contributed by atoms with Crippen LogP contribution in [0.1, 0.15) is 5.56 Å². The zero-order valence-corrected chi connectivity index (χ0v) is 14.2. The Morgan fingerprint density at radius 1 is 1.33 bits per heavy atom. The summed E-state index contributed by atoms with van der Waals surface area (Å²) in [5.41, 5.74) is 1.39. The van der Waals surface area contributed by atoms with E-state index in [2.05, 4.69) is 10.3 Å². The van der Waals surface area contributed by atoms with Crippen LogP contribution in [0.2, 0.25) is 5.02 Å². The lowest BCUT2D eigenvalue weighted by molar-refractivity contribution is -0.116. The lowest BCUT2D eigenvalue weighted by Crippen LogP contribution is -2.29. The van der Waals surface area contributed by atoms with Gasteiger partial charge in [0.05, 0.1) is 11.8 Å². The number of carbonyl (C=O) groups excluding carboxylic acids is 1. The molecule has 122 valence electrons. The van der Waals surface area contributed by atoms with Gasteiger partial charge in [-0.1, -0.05) is 29.8 Å². The first-order chi connectivity index (χ1) is 11.6. The standard InChI is InChI=1S/C17H14ClN3O2S/c18-13-4-2-1-3-12(13)5-6-15(22)19-8-9-21-11-20-14-7-10-24-16(14)17(21)23/h1-7,10-11H,8-9H2,(H,19,22)/b6-5+. The molecule has 1 aromatic carbocycles. The molecule has 2 heterocycles. The molecule has 0 atom stereocenters. The van der Waals surface area contributed by atoms with Gasteiger partial charge in [-0.25, -0.2) is 4.98 Å². The van der Waals surface area contributed by atoms with Gasteiger partial charge in [-0.3, -0.25) is 14.2 Å². The van der Waals surface area contributed by atoms with E-state index in [1.807, 2.05) is 29.6 Å². The fourth-order valence-electron chi connectivity index (χ4n) is 2.17. The quantitative estimate of drug-likeness (QED) is 0.712. The van der Waals surface area contributed by atoms with Crippen molar-refractivity contribution in [1.29, 1.82) is 0 Å². The highest BCUT2D eigenvalue weighted by Gasteiger charge is 2.05. The first-order valence-electron chi connectivity index (χ1n) is 7.28. The van der Waals surface area contributed by atoms with Crippen LogP contribution in [0.3, 0.4) is 0 Å². The molecule has 3 aromatic rings. The van der Waals surface area contributed by atoms with E-state index in [1.165, 1.54) is 28.3 Å². The Balaban J connectivity index is 1.57. The Hall–Kier alpha value is -2.44. The minimum atomic E-state index is -0.242. The fraction of sp³-hybridized carbons (Fsp3) is 0.118. The molecule has 7 heteroatoms. The van der Waals surface area contributed by atoms with Gasteiger partial charge in [0.1, 0.15) is 4.70 Å². The minimum Gasteiger partial charge on any atom is -0.351 e. The van der Waals surface area contributed by atoms with E-state index >= 15 is 0 Å². The molecular formula is C17H14ClN3O2S. The van der Waals surface area contributed by atoms with Crippen LogP contribution in [-0.4, -0.2) is 22.0 Å². The van der Waals surface area contributed by atoms with Gasteiger partial charge in [-0.15, -0.1) is 11.3 Å². The molecule has 0 aliphatic carbocycles. The molecule has 0 unspecified atom stereocenters. The van der Waals surface area contributed by atoms with Crippen molar-refractivity contribution < 1.29 is 4.79 Å². The Bertz CT molecular complexity index is 962. The van der Waals surface area contributed by atoms with Crippen LogP contribution in [0.25, 0.3) is 16.3 Å². The van der Waals surface area contributed by atoms with Gasteiger partial charge in [-0.2, -0.15) is 0 Å². The summed E-state index contributed by atoms with van der Waals surface area (Å²) in [6, 6.07) is 9.08. The largest absolute Gasteiger partial charge is 0.351 e. The number of nitrogens with one attached hydrogen (secondary N) is 1. The number of rotatable bonds is 5. The van der Waals surface area contributed by atoms with Crippen LogP contribution in [-0.2, 0) is 11.3 Å². The molecule has 0 aliphatic rings. The van der Waals surface area contributed by atoms with Crippen LogP contribution in [0.5, 0.6) is 0 Å². The second-order valence-electron chi connectivity index (χ2n) is 5.02. The summed E-state index contributed by atoms with van der Waals surface area (Å²) < 4.78 is 2.12. The van der Waals surface area contributed by atoms with Gasteiger partial charge in [0.15, 0.2) is 0 Å². The molecule has 2 aromatic heterocycles. The highest BCUT2D eigenvalue weighted by Crippen LogP contribution is 2.16. The molecular weight excluding hydrogens is 346 g/mol. The topological polar surface area (TPSA) is 64.0 Å². The molecule has 0 saturated carbocycles. The number of aromatic nitrogens is 2. The summed E-state index contributed by atoms with van der Waals surface area (Å²) in [4.78, 5) is 28.3. The number of hydrogen-bond acceptors (Lipinski definition) is 4. The van der Waals surface area contributed by atoms with Crippen molar-refractivity contribution in [3.63, 3.8) is 0 Å². The summed E-state index contributed by atoms with van der Waals surface area (Å²) >= 11 is 7.39. The molecule has 0 radical (unpaired) electrons. The molecule has 24 heavy (non-hydrogen) atoms. The maximum atomic E-state index is 12.2. The van der Waals surface area contributed by atoms with Crippen LogP contribution >= 0.6 is 22.9 Å². The van der Waals surface area contributed by atoms with Gasteiger partial charge in [0.25, 0.3) is 5.56 Å². The van der Waals surface area contributed by atoms with Crippen molar-refractivity contribution in [2.45, 2.75) is 6.54 Å². The Morgan fingerprint density at radius 3 is 3.00 bits per heavy atom. The van der Waals surface area contributed by atoms with E-state index in [0.29, 0.717) is 28.3 Å². The third-order valence-corrected chi connectivity index (χ3v) is 4.64. The number of thiophene rings is 1. The first kappa shape index (κ1) is 16.4. The van der Waals surface area contributed by atoms with Crippen LogP contribution in [0, 0.1) is 0 Å². The number of fused-ring (bicyclic) bond motifs is 1. The van der Waals surface area contributed by atoms with E-state index < -0.39 is 0 Å². The third kappa shape index (κ3) is 3.72.